The Labute approximate surface area is 82.1 Å². The number of ether oxygens (including phenoxy) is 2. The van der Waals surface area contributed by atoms with Crippen molar-refractivity contribution in [2.45, 2.75) is 0 Å². The summed E-state index contributed by atoms with van der Waals surface area (Å²) < 4.78 is 9.68. The largest absolute Gasteiger partial charge is 0.508 e. The standard InChI is InChI=1S/C10H12O4/c1-13-6-9(12)8-4-3-7(11)5-10(8)14-2/h3-5,11H,6H2,1-2H3. The molecule has 76 valence electrons. The van der Waals surface area contributed by atoms with E-state index in [0.717, 1.165) is 0 Å². The molecule has 1 aromatic rings. The van der Waals surface area contributed by atoms with E-state index < -0.39 is 0 Å². The van der Waals surface area contributed by atoms with Crippen LogP contribution < -0.4 is 4.74 Å². The van der Waals surface area contributed by atoms with Gasteiger partial charge in [0.2, 0.25) is 0 Å². The summed E-state index contributed by atoms with van der Waals surface area (Å²) >= 11 is 0. The molecule has 0 saturated carbocycles. The Kier molecular flexibility index (Phi) is 3.48. The van der Waals surface area contributed by atoms with E-state index in [4.69, 9.17) is 14.6 Å². The average Bonchev–Trinajstić information content (AvgIpc) is 2.17. The lowest BCUT2D eigenvalue weighted by Gasteiger charge is -2.07. The minimum atomic E-state index is -0.177. The monoisotopic (exact) mass is 196 g/mol. The van der Waals surface area contributed by atoms with Crippen LogP contribution in [0.5, 0.6) is 11.5 Å². The van der Waals surface area contributed by atoms with Gasteiger partial charge in [0.25, 0.3) is 0 Å². The Morgan fingerprint density at radius 1 is 1.43 bits per heavy atom. The summed E-state index contributed by atoms with van der Waals surface area (Å²) in [5.41, 5.74) is 0.409. The van der Waals surface area contributed by atoms with Crippen LogP contribution in [0.25, 0.3) is 0 Å². The number of benzene rings is 1. The summed E-state index contributed by atoms with van der Waals surface area (Å²) in [5, 5.41) is 9.16. The lowest BCUT2D eigenvalue weighted by molar-refractivity contribution is 0.0845. The third-order valence-corrected chi connectivity index (χ3v) is 1.76. The molecule has 0 spiro atoms. The van der Waals surface area contributed by atoms with Crippen molar-refractivity contribution < 1.29 is 19.4 Å². The van der Waals surface area contributed by atoms with E-state index in [1.807, 2.05) is 0 Å². The van der Waals surface area contributed by atoms with Gasteiger partial charge in [-0.1, -0.05) is 0 Å². The normalized spacial score (nSPS) is 9.86. The molecule has 1 aromatic carbocycles. The second kappa shape index (κ2) is 4.62. The molecule has 14 heavy (non-hydrogen) atoms. The van der Waals surface area contributed by atoms with Crippen molar-refractivity contribution in [2.24, 2.45) is 0 Å². The molecule has 0 radical (unpaired) electrons. The zero-order valence-electron chi connectivity index (χ0n) is 8.11. The number of hydrogen-bond acceptors (Lipinski definition) is 4. The number of methoxy groups -OCH3 is 2. The maximum absolute atomic E-state index is 11.4. The molecule has 0 bridgehead atoms. The second-order valence-electron chi connectivity index (χ2n) is 2.74. The molecule has 0 saturated heterocycles. The summed E-state index contributed by atoms with van der Waals surface area (Å²) in [5.74, 6) is 0.243. The van der Waals surface area contributed by atoms with Gasteiger partial charge >= 0.3 is 0 Å². The Hall–Kier alpha value is -1.55. The Morgan fingerprint density at radius 2 is 2.14 bits per heavy atom. The fourth-order valence-electron chi connectivity index (χ4n) is 1.12. The van der Waals surface area contributed by atoms with E-state index in [-0.39, 0.29) is 18.1 Å². The highest BCUT2D eigenvalue weighted by atomic mass is 16.5. The van der Waals surface area contributed by atoms with Crippen LogP contribution in [-0.4, -0.2) is 31.7 Å². The molecule has 1 rings (SSSR count). The van der Waals surface area contributed by atoms with Gasteiger partial charge in [0.05, 0.1) is 12.7 Å². The summed E-state index contributed by atoms with van der Waals surface area (Å²) in [7, 11) is 2.89. The van der Waals surface area contributed by atoms with Gasteiger partial charge < -0.3 is 14.6 Å². The highest BCUT2D eigenvalue weighted by molar-refractivity contribution is 5.99. The summed E-state index contributed by atoms with van der Waals surface area (Å²) in [6.07, 6.45) is 0. The number of Topliss-reactive ketones (excluding diaryl/α,β-unsaturated/α-hetero) is 1. The van der Waals surface area contributed by atoms with Gasteiger partial charge in [0, 0.05) is 13.2 Å². The number of hydrogen-bond donors (Lipinski definition) is 1. The number of rotatable bonds is 4. The average molecular weight is 196 g/mol. The van der Waals surface area contributed by atoms with Crippen LogP contribution in [0.4, 0.5) is 0 Å². The third-order valence-electron chi connectivity index (χ3n) is 1.76. The molecule has 0 fully saturated rings. The molecule has 4 nitrogen and oxygen atoms in total. The third kappa shape index (κ3) is 2.23. The smallest absolute Gasteiger partial charge is 0.192 e. The quantitative estimate of drug-likeness (QED) is 0.736. The molecule has 1 N–H and O–H groups in total. The Morgan fingerprint density at radius 3 is 2.71 bits per heavy atom. The zero-order chi connectivity index (χ0) is 10.6. The molecule has 0 atom stereocenters. The van der Waals surface area contributed by atoms with E-state index >= 15 is 0 Å². The molecule has 0 aliphatic rings. The van der Waals surface area contributed by atoms with Gasteiger partial charge in [0.1, 0.15) is 18.1 Å². The fraction of sp³-hybridized carbons (Fsp3) is 0.300. The molecule has 4 heteroatoms. The van der Waals surface area contributed by atoms with Gasteiger partial charge in [0.15, 0.2) is 5.78 Å². The van der Waals surface area contributed by atoms with Crippen molar-refractivity contribution in [3.63, 3.8) is 0 Å². The van der Waals surface area contributed by atoms with Gasteiger partial charge in [-0.3, -0.25) is 4.79 Å². The van der Waals surface area contributed by atoms with Crippen LogP contribution >= 0.6 is 0 Å². The lowest BCUT2D eigenvalue weighted by Crippen LogP contribution is -2.08. The molecule has 0 amide bonds. The molecule has 0 heterocycles. The predicted molar refractivity (Wildman–Crippen MR) is 50.9 cm³/mol. The number of ketones is 1. The summed E-state index contributed by atoms with van der Waals surface area (Å²) in [4.78, 5) is 11.4. The Balaban J connectivity index is 3.01. The first-order valence-electron chi connectivity index (χ1n) is 4.08. The van der Waals surface area contributed by atoms with Crippen LogP contribution in [0, 0.1) is 0 Å². The summed E-state index contributed by atoms with van der Waals surface area (Å²) in [6.45, 7) is 0.00113. The van der Waals surface area contributed by atoms with E-state index in [1.54, 1.807) is 0 Å². The zero-order valence-corrected chi connectivity index (χ0v) is 8.11. The number of carbonyl (C=O) groups is 1. The molecule has 0 unspecified atom stereocenters. The number of aromatic hydroxyl groups is 1. The van der Waals surface area contributed by atoms with Crippen LogP contribution in [0.1, 0.15) is 10.4 Å². The van der Waals surface area contributed by atoms with E-state index in [9.17, 15) is 4.79 Å². The predicted octanol–water partition coefficient (Wildman–Crippen LogP) is 1.23. The second-order valence-corrected chi connectivity index (χ2v) is 2.74. The topological polar surface area (TPSA) is 55.8 Å². The van der Waals surface area contributed by atoms with Crippen LogP contribution in [0.15, 0.2) is 18.2 Å². The van der Waals surface area contributed by atoms with Crippen molar-refractivity contribution in [1.82, 2.24) is 0 Å². The van der Waals surface area contributed by atoms with E-state index in [1.165, 1.54) is 32.4 Å². The van der Waals surface area contributed by atoms with Crippen LogP contribution in [0.2, 0.25) is 0 Å². The SMILES string of the molecule is COCC(=O)c1ccc(O)cc1OC. The number of carbonyl (C=O) groups excluding carboxylic acids is 1. The first kappa shape index (κ1) is 10.5. The maximum Gasteiger partial charge on any atom is 0.192 e. The minimum Gasteiger partial charge on any atom is -0.508 e. The Bertz CT molecular complexity index is 333. The molecular formula is C10H12O4. The lowest BCUT2D eigenvalue weighted by atomic mass is 10.1. The van der Waals surface area contributed by atoms with Gasteiger partial charge in [-0.05, 0) is 12.1 Å². The van der Waals surface area contributed by atoms with E-state index in [2.05, 4.69) is 0 Å². The molecule has 0 aliphatic carbocycles. The number of phenolic OH excluding ortho intramolecular Hbond substituents is 1. The molecular weight excluding hydrogens is 184 g/mol. The van der Waals surface area contributed by atoms with Crippen molar-refractivity contribution >= 4 is 5.78 Å². The highest BCUT2D eigenvalue weighted by Crippen LogP contribution is 2.23. The first-order chi connectivity index (χ1) is 6.69. The first-order valence-corrected chi connectivity index (χ1v) is 4.08. The van der Waals surface area contributed by atoms with E-state index in [0.29, 0.717) is 11.3 Å². The summed E-state index contributed by atoms with van der Waals surface area (Å²) in [6, 6.07) is 4.34. The van der Waals surface area contributed by atoms with Crippen molar-refractivity contribution in [3.8, 4) is 11.5 Å². The molecule has 0 aliphatic heterocycles. The molecule has 0 aromatic heterocycles. The fourth-order valence-corrected chi connectivity index (χ4v) is 1.12. The van der Waals surface area contributed by atoms with Gasteiger partial charge in [-0.2, -0.15) is 0 Å². The van der Waals surface area contributed by atoms with Crippen molar-refractivity contribution in [3.05, 3.63) is 23.8 Å². The van der Waals surface area contributed by atoms with Crippen LogP contribution in [0.3, 0.4) is 0 Å². The van der Waals surface area contributed by atoms with Crippen molar-refractivity contribution in [2.75, 3.05) is 20.8 Å². The van der Waals surface area contributed by atoms with Crippen molar-refractivity contribution in [1.29, 1.82) is 0 Å². The van der Waals surface area contributed by atoms with Crippen LogP contribution in [-0.2, 0) is 4.74 Å². The van der Waals surface area contributed by atoms with Gasteiger partial charge in [-0.25, -0.2) is 0 Å². The van der Waals surface area contributed by atoms with Gasteiger partial charge in [-0.15, -0.1) is 0 Å². The minimum absolute atomic E-state index is 0.00113. The number of phenols is 1. The maximum atomic E-state index is 11.4. The highest BCUT2D eigenvalue weighted by Gasteiger charge is 2.11.